The van der Waals surface area contributed by atoms with Crippen molar-refractivity contribution in [2.24, 2.45) is 7.05 Å². The fraction of sp³-hybridized carbons (Fsp3) is 0.333. The third-order valence-electron chi connectivity index (χ3n) is 2.54. The lowest BCUT2D eigenvalue weighted by Crippen LogP contribution is -2.42. The highest BCUT2D eigenvalue weighted by Crippen LogP contribution is 2.03. The molecule has 0 N–H and O–H groups in total. The van der Waals surface area contributed by atoms with E-state index in [9.17, 15) is 4.79 Å². The van der Waals surface area contributed by atoms with Crippen molar-refractivity contribution >= 4 is 5.91 Å². The van der Waals surface area contributed by atoms with Crippen LogP contribution in [0, 0.1) is 0 Å². The lowest BCUT2D eigenvalue weighted by molar-refractivity contribution is -0.684. The number of likely N-dealkylation sites (N-methyl/N-ethyl adjacent to an activating group) is 1. The summed E-state index contributed by atoms with van der Waals surface area (Å²) in [6, 6.07) is 3.68. The van der Waals surface area contributed by atoms with Crippen LogP contribution in [0.2, 0.25) is 0 Å². The molecule has 17 heavy (non-hydrogen) atoms. The van der Waals surface area contributed by atoms with Gasteiger partial charge in [-0.05, 0) is 12.1 Å². The lowest BCUT2D eigenvalue weighted by Gasteiger charge is -2.14. The highest BCUT2D eigenvalue weighted by Gasteiger charge is 2.14. The highest BCUT2D eigenvalue weighted by atomic mass is 16.3. The molecule has 0 saturated carbocycles. The zero-order valence-electron chi connectivity index (χ0n) is 10.0. The van der Waals surface area contributed by atoms with Gasteiger partial charge in [-0.3, -0.25) is 4.79 Å². The van der Waals surface area contributed by atoms with Crippen LogP contribution in [0.25, 0.3) is 0 Å². The van der Waals surface area contributed by atoms with E-state index in [1.165, 1.54) is 0 Å². The number of aryl methyl sites for hydroxylation is 1. The molecule has 2 aromatic rings. The first-order valence-electron chi connectivity index (χ1n) is 5.42. The molecule has 0 aliphatic rings. The maximum atomic E-state index is 11.9. The molecule has 0 fully saturated rings. The van der Waals surface area contributed by atoms with Crippen molar-refractivity contribution in [1.29, 1.82) is 0 Å². The number of rotatable bonds is 4. The number of imidazole rings is 1. The topological polar surface area (TPSA) is 42.3 Å². The summed E-state index contributed by atoms with van der Waals surface area (Å²) < 4.78 is 8.95. The predicted octanol–water partition coefficient (Wildman–Crippen LogP) is 0.564. The Labute approximate surface area is 99.9 Å². The summed E-state index contributed by atoms with van der Waals surface area (Å²) in [7, 11) is 3.70. The van der Waals surface area contributed by atoms with Crippen molar-refractivity contribution in [3.05, 3.63) is 42.9 Å². The summed E-state index contributed by atoms with van der Waals surface area (Å²) >= 11 is 0. The highest BCUT2D eigenvalue weighted by molar-refractivity contribution is 5.74. The number of amides is 1. The normalized spacial score (nSPS) is 10.5. The number of carbonyl (C=O) groups is 1. The van der Waals surface area contributed by atoms with Crippen LogP contribution in [0.1, 0.15) is 5.76 Å². The van der Waals surface area contributed by atoms with Gasteiger partial charge in [0, 0.05) is 7.05 Å². The van der Waals surface area contributed by atoms with Crippen LogP contribution in [0.3, 0.4) is 0 Å². The molecular formula is C12H16N3O2+. The molecule has 1 amide bonds. The number of hydrogen-bond acceptors (Lipinski definition) is 2. The predicted molar refractivity (Wildman–Crippen MR) is 60.8 cm³/mol. The van der Waals surface area contributed by atoms with Gasteiger partial charge in [-0.15, -0.1) is 0 Å². The van der Waals surface area contributed by atoms with E-state index in [0.717, 1.165) is 5.76 Å². The van der Waals surface area contributed by atoms with Crippen LogP contribution >= 0.6 is 0 Å². The molecule has 0 spiro atoms. The van der Waals surface area contributed by atoms with Crippen LogP contribution in [0.15, 0.2) is 41.5 Å². The van der Waals surface area contributed by atoms with Crippen LogP contribution in [-0.4, -0.2) is 22.4 Å². The van der Waals surface area contributed by atoms with Gasteiger partial charge in [0.05, 0.1) is 19.9 Å². The van der Waals surface area contributed by atoms with Crippen LogP contribution in [0.5, 0.6) is 0 Å². The molecule has 0 atom stereocenters. The Hall–Kier alpha value is -2.04. The standard InChI is InChI=1S/C12H16N3O2/c1-13-5-6-15(10-13)9-12(16)14(2)8-11-4-3-7-17-11/h3-7,10H,8-9H2,1-2H3/q+1. The van der Waals surface area contributed by atoms with Gasteiger partial charge in [-0.1, -0.05) is 0 Å². The van der Waals surface area contributed by atoms with E-state index in [1.54, 1.807) is 18.2 Å². The minimum Gasteiger partial charge on any atom is -0.467 e. The minimum atomic E-state index is 0.0533. The quantitative estimate of drug-likeness (QED) is 0.726. The number of carbonyl (C=O) groups excluding carboxylic acids is 1. The number of aromatic nitrogens is 2. The molecule has 0 aliphatic carbocycles. The third kappa shape index (κ3) is 2.96. The average Bonchev–Trinajstić information content (AvgIpc) is 2.90. The summed E-state index contributed by atoms with van der Waals surface area (Å²) in [4.78, 5) is 13.6. The van der Waals surface area contributed by atoms with Gasteiger partial charge in [0.15, 0.2) is 6.54 Å². The smallest absolute Gasteiger partial charge is 0.264 e. The molecule has 0 radical (unpaired) electrons. The van der Waals surface area contributed by atoms with Crippen LogP contribution in [-0.2, 0) is 24.9 Å². The van der Waals surface area contributed by atoms with Gasteiger partial charge in [-0.25, -0.2) is 9.13 Å². The number of hydrogen-bond donors (Lipinski definition) is 0. The molecule has 0 bridgehead atoms. The van der Waals surface area contributed by atoms with Crippen molar-refractivity contribution in [2.75, 3.05) is 7.05 Å². The van der Waals surface area contributed by atoms with E-state index >= 15 is 0 Å². The Bertz CT molecular complexity index is 488. The first-order chi connectivity index (χ1) is 8.15. The Morgan fingerprint density at radius 3 is 3.00 bits per heavy atom. The van der Waals surface area contributed by atoms with Crippen molar-refractivity contribution in [2.45, 2.75) is 13.1 Å². The molecule has 5 heteroatoms. The second kappa shape index (κ2) is 4.86. The summed E-state index contributed by atoms with van der Waals surface area (Å²) in [5.74, 6) is 0.844. The van der Waals surface area contributed by atoms with E-state index in [2.05, 4.69) is 0 Å². The third-order valence-corrected chi connectivity index (χ3v) is 2.54. The summed E-state index contributed by atoms with van der Waals surface area (Å²) in [5.41, 5.74) is 0. The lowest BCUT2D eigenvalue weighted by atomic mass is 10.4. The van der Waals surface area contributed by atoms with Crippen molar-refractivity contribution in [3.8, 4) is 0 Å². The fourth-order valence-electron chi connectivity index (χ4n) is 1.60. The first-order valence-corrected chi connectivity index (χ1v) is 5.42. The van der Waals surface area contributed by atoms with E-state index in [-0.39, 0.29) is 5.91 Å². The molecule has 90 valence electrons. The minimum absolute atomic E-state index is 0.0533. The molecule has 2 aromatic heterocycles. The Morgan fingerprint density at radius 1 is 1.59 bits per heavy atom. The van der Waals surface area contributed by atoms with Gasteiger partial charge >= 0.3 is 0 Å². The van der Waals surface area contributed by atoms with Gasteiger partial charge in [-0.2, -0.15) is 0 Å². The largest absolute Gasteiger partial charge is 0.467 e. The van der Waals surface area contributed by atoms with Crippen molar-refractivity contribution in [1.82, 2.24) is 9.47 Å². The van der Waals surface area contributed by atoms with Crippen LogP contribution < -0.4 is 4.57 Å². The molecular weight excluding hydrogens is 218 g/mol. The second-order valence-electron chi connectivity index (χ2n) is 4.08. The Balaban J connectivity index is 1.91. The second-order valence-corrected chi connectivity index (χ2v) is 4.08. The fourth-order valence-corrected chi connectivity index (χ4v) is 1.60. The maximum absolute atomic E-state index is 11.9. The molecule has 0 aliphatic heterocycles. The molecule has 2 heterocycles. The maximum Gasteiger partial charge on any atom is 0.264 e. The number of furan rings is 1. The molecule has 0 aromatic carbocycles. The van der Waals surface area contributed by atoms with Crippen molar-refractivity contribution < 1.29 is 13.8 Å². The Morgan fingerprint density at radius 2 is 2.41 bits per heavy atom. The van der Waals surface area contributed by atoms with Gasteiger partial charge < -0.3 is 9.32 Å². The zero-order valence-corrected chi connectivity index (χ0v) is 10.0. The van der Waals surface area contributed by atoms with Gasteiger partial charge in [0.2, 0.25) is 6.33 Å². The molecule has 5 nitrogen and oxygen atoms in total. The van der Waals surface area contributed by atoms with Gasteiger partial charge in [0.25, 0.3) is 5.91 Å². The zero-order chi connectivity index (χ0) is 12.3. The van der Waals surface area contributed by atoms with Crippen LogP contribution in [0.4, 0.5) is 0 Å². The number of nitrogens with zero attached hydrogens (tertiary/aromatic N) is 3. The SMILES string of the molecule is CN(Cc1ccco1)C(=O)C[n+]1ccn(C)c1. The summed E-state index contributed by atoms with van der Waals surface area (Å²) in [6.07, 6.45) is 7.26. The van der Waals surface area contributed by atoms with E-state index in [1.807, 2.05) is 47.0 Å². The van der Waals surface area contributed by atoms with E-state index < -0.39 is 0 Å². The van der Waals surface area contributed by atoms with Crippen molar-refractivity contribution in [3.63, 3.8) is 0 Å². The van der Waals surface area contributed by atoms with E-state index in [4.69, 9.17) is 4.42 Å². The monoisotopic (exact) mass is 234 g/mol. The molecule has 2 rings (SSSR count). The average molecular weight is 234 g/mol. The Kier molecular flexibility index (Phi) is 3.27. The molecule has 0 saturated heterocycles. The first kappa shape index (κ1) is 11.4. The van der Waals surface area contributed by atoms with Gasteiger partial charge in [0.1, 0.15) is 18.2 Å². The summed E-state index contributed by atoms with van der Waals surface area (Å²) in [5, 5.41) is 0. The van der Waals surface area contributed by atoms with E-state index in [0.29, 0.717) is 13.1 Å². The summed E-state index contributed by atoms with van der Waals surface area (Å²) in [6.45, 7) is 0.845. The molecule has 0 unspecified atom stereocenters.